The van der Waals surface area contributed by atoms with Crippen LogP contribution in [0.1, 0.15) is 41.5 Å². The molecule has 3 aromatic heterocycles. The van der Waals surface area contributed by atoms with Gasteiger partial charge in [-0.05, 0) is 44.7 Å². The molecule has 0 aromatic carbocycles. The average Bonchev–Trinajstić information content (AvgIpc) is 3.50. The number of likely N-dealkylation sites (tertiary alicyclic amines) is 1. The number of aromatic nitrogens is 6. The molecule has 2 fully saturated rings. The fourth-order valence-electron chi connectivity index (χ4n) is 4.82. The van der Waals surface area contributed by atoms with Crippen molar-refractivity contribution in [1.82, 2.24) is 34.8 Å². The fourth-order valence-corrected chi connectivity index (χ4v) is 4.82. The summed E-state index contributed by atoms with van der Waals surface area (Å²) in [6.45, 7) is 3.82. The number of carbonyl (C=O) groups excluding carboxylic acids is 1. The number of anilines is 1. The Morgan fingerprint density at radius 1 is 1.12 bits per heavy atom. The maximum atomic E-state index is 13.7. The smallest absolute Gasteiger partial charge is 0.349 e. The molecule has 9 nitrogen and oxygen atoms in total. The van der Waals surface area contributed by atoms with Gasteiger partial charge in [-0.3, -0.25) is 4.79 Å². The van der Waals surface area contributed by atoms with Crippen LogP contribution in [-0.4, -0.2) is 58.9 Å². The molecular weight excluding hydrogens is 437 g/mol. The van der Waals surface area contributed by atoms with E-state index in [2.05, 4.69) is 30.5 Å². The number of carbonyl (C=O) groups is 1. The van der Waals surface area contributed by atoms with Crippen LogP contribution >= 0.6 is 0 Å². The number of amides is 1. The predicted octanol–water partition coefficient (Wildman–Crippen LogP) is 2.88. The van der Waals surface area contributed by atoms with E-state index >= 15 is 0 Å². The molecule has 4 atom stereocenters. The lowest BCUT2D eigenvalue weighted by atomic mass is 9.97. The van der Waals surface area contributed by atoms with Crippen LogP contribution < -0.4 is 5.32 Å². The summed E-state index contributed by atoms with van der Waals surface area (Å²) in [7, 11) is 0. The maximum absolute atomic E-state index is 13.7. The average molecular weight is 458 g/mol. The fraction of sp³-hybridized carbons (Fsp3) is 0.429. The Labute approximate surface area is 187 Å². The van der Waals surface area contributed by atoms with Crippen molar-refractivity contribution in [2.45, 2.75) is 51.0 Å². The highest BCUT2D eigenvalue weighted by molar-refractivity contribution is 5.96. The van der Waals surface area contributed by atoms with E-state index in [1.165, 1.54) is 17.2 Å². The molecule has 1 aliphatic carbocycles. The van der Waals surface area contributed by atoms with Gasteiger partial charge in [-0.1, -0.05) is 0 Å². The first-order valence-electron chi connectivity index (χ1n) is 10.5. The highest BCUT2D eigenvalue weighted by Gasteiger charge is 2.52. The van der Waals surface area contributed by atoms with Crippen LogP contribution in [0.2, 0.25) is 0 Å². The molecule has 0 radical (unpaired) electrons. The van der Waals surface area contributed by atoms with E-state index in [1.54, 1.807) is 12.1 Å². The Hall–Kier alpha value is -3.57. The van der Waals surface area contributed by atoms with Crippen molar-refractivity contribution in [3.8, 4) is 5.69 Å². The van der Waals surface area contributed by atoms with Crippen LogP contribution in [0.4, 0.5) is 19.1 Å². The third-order valence-corrected chi connectivity index (χ3v) is 6.42. The number of fused-ring (bicyclic) bond motifs is 2. The first-order valence-corrected chi connectivity index (χ1v) is 10.5. The van der Waals surface area contributed by atoms with Gasteiger partial charge in [0.2, 0.25) is 5.95 Å². The van der Waals surface area contributed by atoms with Crippen LogP contribution in [-0.2, 0) is 6.18 Å². The van der Waals surface area contributed by atoms with Gasteiger partial charge in [-0.25, -0.2) is 15.0 Å². The summed E-state index contributed by atoms with van der Waals surface area (Å²) in [5.41, 5.74) is 0.534. The van der Waals surface area contributed by atoms with Crippen molar-refractivity contribution in [3.63, 3.8) is 0 Å². The number of halogens is 3. The van der Waals surface area contributed by atoms with Crippen molar-refractivity contribution in [2.75, 3.05) is 5.32 Å². The van der Waals surface area contributed by atoms with Crippen LogP contribution in [0.15, 0.2) is 36.9 Å². The van der Waals surface area contributed by atoms with Crippen molar-refractivity contribution in [3.05, 3.63) is 53.9 Å². The minimum atomic E-state index is -4.49. The number of pyridine rings is 1. The summed E-state index contributed by atoms with van der Waals surface area (Å²) >= 11 is 0. The molecule has 2 aliphatic rings. The van der Waals surface area contributed by atoms with E-state index in [0.717, 1.165) is 25.2 Å². The van der Waals surface area contributed by atoms with Gasteiger partial charge >= 0.3 is 6.18 Å². The molecule has 1 N–H and O–H groups in total. The number of nitrogens with zero attached hydrogens (tertiary/aromatic N) is 7. The molecule has 1 amide bonds. The number of piperidine rings is 1. The highest BCUT2D eigenvalue weighted by atomic mass is 19.4. The van der Waals surface area contributed by atoms with Crippen molar-refractivity contribution < 1.29 is 18.0 Å². The number of rotatable bonds is 4. The zero-order valence-electron chi connectivity index (χ0n) is 17.9. The quantitative estimate of drug-likeness (QED) is 0.642. The minimum absolute atomic E-state index is 0.00480. The molecule has 0 unspecified atom stereocenters. The monoisotopic (exact) mass is 458 g/mol. The minimum Gasteiger partial charge on any atom is -0.349 e. The van der Waals surface area contributed by atoms with Crippen LogP contribution in [0.5, 0.6) is 0 Å². The second-order valence-corrected chi connectivity index (χ2v) is 8.43. The van der Waals surface area contributed by atoms with Gasteiger partial charge in [0.1, 0.15) is 5.69 Å². The maximum Gasteiger partial charge on any atom is 0.419 e. The van der Waals surface area contributed by atoms with Crippen molar-refractivity contribution >= 4 is 11.9 Å². The summed E-state index contributed by atoms with van der Waals surface area (Å²) in [6.07, 6.45) is 1.63. The molecule has 12 heteroatoms. The molecule has 33 heavy (non-hydrogen) atoms. The van der Waals surface area contributed by atoms with Gasteiger partial charge in [0.15, 0.2) is 5.69 Å². The van der Waals surface area contributed by atoms with E-state index in [-0.39, 0.29) is 41.6 Å². The Bertz CT molecular complexity index is 1170. The molecule has 172 valence electrons. The van der Waals surface area contributed by atoms with Crippen LogP contribution in [0, 0.1) is 12.8 Å². The first kappa shape index (κ1) is 21.3. The van der Waals surface area contributed by atoms with Crippen molar-refractivity contribution in [2.24, 2.45) is 5.92 Å². The molecule has 1 saturated heterocycles. The lowest BCUT2D eigenvalue weighted by Crippen LogP contribution is -2.52. The Morgan fingerprint density at radius 3 is 2.45 bits per heavy atom. The molecule has 2 bridgehead atoms. The third kappa shape index (κ3) is 3.79. The largest absolute Gasteiger partial charge is 0.419 e. The van der Waals surface area contributed by atoms with Crippen LogP contribution in [0.25, 0.3) is 5.69 Å². The summed E-state index contributed by atoms with van der Waals surface area (Å²) in [6, 6.07) is 3.21. The van der Waals surface area contributed by atoms with Gasteiger partial charge in [0.05, 0.1) is 24.0 Å². The normalized spacial score (nSPS) is 24.3. The van der Waals surface area contributed by atoms with Gasteiger partial charge in [0.25, 0.3) is 5.91 Å². The van der Waals surface area contributed by atoms with Gasteiger partial charge in [0, 0.05) is 30.2 Å². The van der Waals surface area contributed by atoms with Crippen LogP contribution in [0.3, 0.4) is 0 Å². The third-order valence-electron chi connectivity index (χ3n) is 6.42. The van der Waals surface area contributed by atoms with Gasteiger partial charge in [-0.2, -0.15) is 23.4 Å². The Morgan fingerprint density at radius 2 is 1.82 bits per heavy atom. The molecule has 4 heterocycles. The molecular formula is C21H21F3N8O. The van der Waals surface area contributed by atoms with E-state index in [9.17, 15) is 18.0 Å². The Kier molecular flexibility index (Phi) is 5.02. The molecule has 1 aliphatic heterocycles. The second-order valence-electron chi connectivity index (χ2n) is 8.43. The first-order chi connectivity index (χ1) is 15.7. The molecule has 5 rings (SSSR count). The van der Waals surface area contributed by atoms with E-state index in [4.69, 9.17) is 0 Å². The Balaban J connectivity index is 1.40. The summed E-state index contributed by atoms with van der Waals surface area (Å²) in [4.78, 5) is 29.0. The number of nitrogens with one attached hydrogen (secondary N) is 1. The lowest BCUT2D eigenvalue weighted by molar-refractivity contribution is -0.138. The number of hydrogen-bond acceptors (Lipinski definition) is 7. The highest BCUT2D eigenvalue weighted by Crippen LogP contribution is 2.44. The number of alkyl halides is 3. The van der Waals surface area contributed by atoms with Gasteiger partial charge < -0.3 is 10.2 Å². The summed E-state index contributed by atoms with van der Waals surface area (Å²) in [5.74, 6) is 0.128. The zero-order chi connectivity index (χ0) is 23.3. The molecule has 3 aromatic rings. The molecule has 0 spiro atoms. The second kappa shape index (κ2) is 7.78. The topological polar surface area (TPSA) is 102 Å². The van der Waals surface area contributed by atoms with Crippen molar-refractivity contribution in [1.29, 1.82) is 0 Å². The standard InChI is InChI=1S/C21H21F3N8O/c1-11-3-4-16(32-27-5-6-28-32)18(29-11)19(33)31-12(2)13-7-15(17(31)8-13)30-20-25-9-14(10-26-20)21(22,23)24/h3-6,9-10,12-13,15,17H,7-8H2,1-2H3,(H,25,26,30)/t12-,13+,15-,17+/m1/s1. The predicted molar refractivity (Wildman–Crippen MR) is 110 cm³/mol. The zero-order valence-corrected chi connectivity index (χ0v) is 17.9. The van der Waals surface area contributed by atoms with E-state index in [0.29, 0.717) is 11.4 Å². The summed E-state index contributed by atoms with van der Waals surface area (Å²) in [5, 5.41) is 11.4. The SMILES string of the molecule is Cc1ccc(-n2nccn2)c(C(=O)N2[C@H](C)[C@H]3C[C@@H](Nc4ncc(C(F)(F)F)cn4)[C@@H]2C3)n1. The molecule has 1 saturated carbocycles. The van der Waals surface area contributed by atoms with E-state index < -0.39 is 11.7 Å². The lowest BCUT2D eigenvalue weighted by Gasteiger charge is -2.38. The number of hydrogen-bond donors (Lipinski definition) is 1. The number of aryl methyl sites for hydroxylation is 1. The summed E-state index contributed by atoms with van der Waals surface area (Å²) < 4.78 is 38.4. The van der Waals surface area contributed by atoms with E-state index in [1.807, 2.05) is 18.7 Å². The van der Waals surface area contributed by atoms with Gasteiger partial charge in [-0.15, -0.1) is 4.80 Å².